The van der Waals surface area contributed by atoms with E-state index in [0.717, 1.165) is 22.4 Å². The van der Waals surface area contributed by atoms with Crippen LogP contribution >= 0.6 is 0 Å². The number of piperazine rings is 1. The second-order valence-corrected chi connectivity index (χ2v) is 11.3. The van der Waals surface area contributed by atoms with Crippen LogP contribution < -0.4 is 9.47 Å². The molecular formula is C29H36N2O5S. The number of hydrogen-bond acceptors (Lipinski definition) is 6. The predicted octanol–water partition coefficient (Wildman–Crippen LogP) is 4.59. The zero-order valence-corrected chi connectivity index (χ0v) is 22.8. The van der Waals surface area contributed by atoms with Crippen LogP contribution in [-0.4, -0.2) is 64.6 Å². The summed E-state index contributed by atoms with van der Waals surface area (Å²) in [6.07, 6.45) is -0.184. The highest BCUT2D eigenvalue weighted by Gasteiger charge is 2.32. The molecule has 3 aromatic carbocycles. The number of rotatable bonds is 10. The van der Waals surface area contributed by atoms with Crippen molar-refractivity contribution >= 4 is 10.0 Å². The first-order chi connectivity index (χ1) is 17.8. The van der Waals surface area contributed by atoms with Gasteiger partial charge in [-0.3, -0.25) is 4.90 Å². The van der Waals surface area contributed by atoms with E-state index in [1.807, 2.05) is 37.3 Å². The van der Waals surface area contributed by atoms with Crippen LogP contribution in [0.5, 0.6) is 11.5 Å². The third-order valence-corrected chi connectivity index (χ3v) is 8.65. The Morgan fingerprint density at radius 2 is 1.54 bits per heavy atom. The van der Waals surface area contributed by atoms with Gasteiger partial charge in [-0.2, -0.15) is 4.31 Å². The largest absolute Gasteiger partial charge is 0.497 e. The molecule has 0 radical (unpaired) electrons. The van der Waals surface area contributed by atoms with Crippen molar-refractivity contribution in [1.29, 1.82) is 0 Å². The fourth-order valence-corrected chi connectivity index (χ4v) is 6.15. The molecule has 1 saturated heterocycles. The normalized spacial score (nSPS) is 15.9. The summed E-state index contributed by atoms with van der Waals surface area (Å²) in [6.45, 7) is 7.13. The zero-order valence-electron chi connectivity index (χ0n) is 22.0. The first-order valence-electron chi connectivity index (χ1n) is 12.5. The number of nitrogens with zero attached hydrogens (tertiary/aromatic N) is 2. The molecule has 0 spiro atoms. The van der Waals surface area contributed by atoms with Crippen LogP contribution in [0.2, 0.25) is 0 Å². The topological polar surface area (TPSA) is 68.3 Å². The Morgan fingerprint density at radius 1 is 0.838 bits per heavy atom. The number of hydrogen-bond donors (Lipinski definition) is 0. The molecule has 0 unspecified atom stereocenters. The lowest BCUT2D eigenvalue weighted by atomic mass is 10.1. The van der Waals surface area contributed by atoms with Gasteiger partial charge in [-0.05, 0) is 54.8 Å². The molecule has 1 heterocycles. The van der Waals surface area contributed by atoms with E-state index >= 15 is 0 Å². The average Bonchev–Trinajstić information content (AvgIpc) is 2.92. The predicted molar refractivity (Wildman–Crippen MR) is 145 cm³/mol. The molecule has 8 heteroatoms. The van der Waals surface area contributed by atoms with Crippen molar-refractivity contribution in [3.8, 4) is 11.5 Å². The molecule has 0 amide bonds. The van der Waals surface area contributed by atoms with Crippen molar-refractivity contribution in [3.05, 3.63) is 89.0 Å². The summed E-state index contributed by atoms with van der Waals surface area (Å²) in [6, 6.07) is 21.5. The molecule has 1 fully saturated rings. The quantitative estimate of drug-likeness (QED) is 0.387. The van der Waals surface area contributed by atoms with Gasteiger partial charge in [0.2, 0.25) is 10.0 Å². The maximum absolute atomic E-state index is 13.4. The minimum Gasteiger partial charge on any atom is -0.497 e. The van der Waals surface area contributed by atoms with Crippen molar-refractivity contribution in [2.75, 3.05) is 46.9 Å². The third kappa shape index (κ3) is 6.70. The van der Waals surface area contributed by atoms with Gasteiger partial charge in [0.1, 0.15) is 16.4 Å². The molecule has 1 aliphatic heterocycles. The smallest absolute Gasteiger partial charge is 0.246 e. The number of aryl methyl sites for hydroxylation is 2. The summed E-state index contributed by atoms with van der Waals surface area (Å²) in [5, 5.41) is 0. The minimum atomic E-state index is -3.66. The Balaban J connectivity index is 1.45. The van der Waals surface area contributed by atoms with Crippen LogP contribution in [0.1, 0.15) is 28.4 Å². The fourth-order valence-electron chi connectivity index (χ4n) is 4.49. The van der Waals surface area contributed by atoms with Crippen LogP contribution in [0.15, 0.2) is 71.6 Å². The lowest BCUT2D eigenvalue weighted by Crippen LogP contribution is -2.49. The van der Waals surface area contributed by atoms with E-state index < -0.39 is 10.0 Å². The second-order valence-electron chi connectivity index (χ2n) is 9.42. The zero-order chi connectivity index (χ0) is 26.4. The van der Waals surface area contributed by atoms with E-state index in [2.05, 4.69) is 36.1 Å². The number of benzene rings is 3. The van der Waals surface area contributed by atoms with E-state index in [1.165, 1.54) is 12.7 Å². The van der Waals surface area contributed by atoms with Gasteiger partial charge in [-0.25, -0.2) is 8.42 Å². The molecule has 7 nitrogen and oxygen atoms in total. The van der Waals surface area contributed by atoms with Crippen LogP contribution in [-0.2, 0) is 21.4 Å². The second kappa shape index (κ2) is 12.1. The molecule has 1 aliphatic rings. The maximum Gasteiger partial charge on any atom is 0.246 e. The van der Waals surface area contributed by atoms with Gasteiger partial charge in [0.15, 0.2) is 0 Å². The monoisotopic (exact) mass is 524 g/mol. The molecule has 0 N–H and O–H groups in total. The van der Waals surface area contributed by atoms with E-state index in [9.17, 15) is 8.42 Å². The summed E-state index contributed by atoms with van der Waals surface area (Å²) in [5.41, 5.74) is 4.24. The van der Waals surface area contributed by atoms with Crippen molar-refractivity contribution in [1.82, 2.24) is 9.21 Å². The van der Waals surface area contributed by atoms with Crippen LogP contribution in [0.25, 0.3) is 0 Å². The maximum atomic E-state index is 13.4. The van der Waals surface area contributed by atoms with E-state index in [0.29, 0.717) is 45.1 Å². The number of ether oxygens (including phenoxy) is 3. The highest BCUT2D eigenvalue weighted by atomic mass is 32.2. The molecule has 0 aromatic heterocycles. The van der Waals surface area contributed by atoms with Gasteiger partial charge in [-0.15, -0.1) is 0 Å². The van der Waals surface area contributed by atoms with Gasteiger partial charge in [0.05, 0.1) is 26.9 Å². The van der Waals surface area contributed by atoms with Gasteiger partial charge < -0.3 is 14.2 Å². The van der Waals surface area contributed by atoms with Crippen molar-refractivity contribution in [2.45, 2.75) is 31.5 Å². The molecule has 0 saturated carbocycles. The summed E-state index contributed by atoms with van der Waals surface area (Å²) in [7, 11) is -0.502. The van der Waals surface area contributed by atoms with E-state index in [4.69, 9.17) is 14.2 Å². The van der Waals surface area contributed by atoms with Gasteiger partial charge in [0.25, 0.3) is 0 Å². The summed E-state index contributed by atoms with van der Waals surface area (Å²) >= 11 is 0. The van der Waals surface area contributed by atoms with E-state index in [1.54, 1.807) is 23.5 Å². The fraction of sp³-hybridized carbons (Fsp3) is 0.379. The van der Waals surface area contributed by atoms with Gasteiger partial charge in [0, 0.05) is 32.7 Å². The van der Waals surface area contributed by atoms with Crippen LogP contribution in [0.4, 0.5) is 0 Å². The molecule has 0 bridgehead atoms. The van der Waals surface area contributed by atoms with Crippen molar-refractivity contribution < 1.29 is 22.6 Å². The lowest BCUT2D eigenvalue weighted by molar-refractivity contribution is 0.00762. The van der Waals surface area contributed by atoms with Crippen LogP contribution in [0.3, 0.4) is 0 Å². The Kier molecular flexibility index (Phi) is 8.87. The molecule has 1 atom stereocenters. The molecule has 3 aromatic rings. The Labute approximate surface area is 220 Å². The Hall–Kier alpha value is -2.91. The highest BCUT2D eigenvalue weighted by molar-refractivity contribution is 7.89. The lowest BCUT2D eigenvalue weighted by Gasteiger charge is -2.36. The standard InChI is InChI=1S/C29H36N2O5S/c1-22-8-11-24(12-9-22)21-36-28(25-6-5-7-26(19-25)34-3)20-30-14-16-31(17-15-30)37(32,33)29-18-23(2)10-13-27(29)35-4/h5-13,18-19,28H,14-17,20-21H2,1-4H3/t28-/m0/s1. The average molecular weight is 525 g/mol. The first-order valence-corrected chi connectivity index (χ1v) is 13.9. The molecule has 4 rings (SSSR count). The van der Waals surface area contributed by atoms with E-state index in [-0.39, 0.29) is 11.0 Å². The highest BCUT2D eigenvalue weighted by Crippen LogP contribution is 2.29. The minimum absolute atomic E-state index is 0.184. The SMILES string of the molecule is COc1cccc([C@H](CN2CCN(S(=O)(=O)c3cc(C)ccc3OC)CC2)OCc2ccc(C)cc2)c1. The molecule has 37 heavy (non-hydrogen) atoms. The summed E-state index contributed by atoms with van der Waals surface area (Å²) in [5.74, 6) is 1.15. The molecular weight excluding hydrogens is 488 g/mol. The summed E-state index contributed by atoms with van der Waals surface area (Å²) in [4.78, 5) is 2.48. The van der Waals surface area contributed by atoms with Crippen LogP contribution in [0, 0.1) is 13.8 Å². The number of methoxy groups -OCH3 is 2. The Morgan fingerprint density at radius 3 is 2.22 bits per heavy atom. The first kappa shape index (κ1) is 27.1. The third-order valence-electron chi connectivity index (χ3n) is 6.73. The molecule has 0 aliphatic carbocycles. The van der Waals surface area contributed by atoms with Crippen molar-refractivity contribution in [2.24, 2.45) is 0 Å². The number of sulfonamides is 1. The molecule has 198 valence electrons. The van der Waals surface area contributed by atoms with Gasteiger partial charge >= 0.3 is 0 Å². The summed E-state index contributed by atoms with van der Waals surface area (Å²) < 4.78 is 45.6. The van der Waals surface area contributed by atoms with Crippen molar-refractivity contribution in [3.63, 3.8) is 0 Å². The van der Waals surface area contributed by atoms with Gasteiger partial charge in [-0.1, -0.05) is 48.0 Å². The Bertz CT molecular complexity index is 1290.